The second kappa shape index (κ2) is 4.93. The van der Waals surface area contributed by atoms with Crippen LogP contribution in [0, 0.1) is 0 Å². The van der Waals surface area contributed by atoms with Crippen LogP contribution in [0.4, 0.5) is 4.79 Å². The SMILES string of the molecule is CN1CC(COn2c(=O)[nH]c(=O)c3cnccc32)OC1=O. The highest BCUT2D eigenvalue weighted by atomic mass is 16.7. The summed E-state index contributed by atoms with van der Waals surface area (Å²) in [5, 5.41) is 0.234. The number of carbonyl (C=O) groups excluding carboxylic acids is 1. The van der Waals surface area contributed by atoms with Crippen LogP contribution >= 0.6 is 0 Å². The number of nitrogens with zero attached hydrogens (tertiary/aromatic N) is 3. The first-order valence-electron chi connectivity index (χ1n) is 6.20. The third-order valence-electron chi connectivity index (χ3n) is 3.11. The molecular weight excluding hydrogens is 280 g/mol. The van der Waals surface area contributed by atoms with Crippen molar-refractivity contribution < 1.29 is 14.4 Å². The molecule has 3 rings (SSSR count). The van der Waals surface area contributed by atoms with Gasteiger partial charge in [0.15, 0.2) is 12.7 Å². The molecule has 1 N–H and O–H groups in total. The fraction of sp³-hybridized carbons (Fsp3) is 0.333. The van der Waals surface area contributed by atoms with E-state index in [1.54, 1.807) is 7.05 Å². The van der Waals surface area contributed by atoms with Gasteiger partial charge in [-0.1, -0.05) is 0 Å². The highest BCUT2D eigenvalue weighted by Gasteiger charge is 2.29. The monoisotopic (exact) mass is 292 g/mol. The zero-order valence-corrected chi connectivity index (χ0v) is 11.1. The first-order valence-corrected chi connectivity index (χ1v) is 6.20. The number of H-pyrrole nitrogens is 1. The molecule has 1 aliphatic rings. The smallest absolute Gasteiger partial charge is 0.410 e. The molecule has 1 saturated heterocycles. The Morgan fingerprint density at radius 2 is 2.29 bits per heavy atom. The van der Waals surface area contributed by atoms with Gasteiger partial charge in [0.2, 0.25) is 0 Å². The van der Waals surface area contributed by atoms with E-state index in [0.717, 1.165) is 4.73 Å². The number of carbonyl (C=O) groups is 1. The number of nitrogens with one attached hydrogen (secondary N) is 1. The van der Waals surface area contributed by atoms with Gasteiger partial charge < -0.3 is 14.5 Å². The van der Waals surface area contributed by atoms with Gasteiger partial charge in [-0.15, -0.1) is 4.73 Å². The van der Waals surface area contributed by atoms with Gasteiger partial charge in [0.1, 0.15) is 5.52 Å². The number of aromatic amines is 1. The van der Waals surface area contributed by atoms with Crippen LogP contribution in [0.25, 0.3) is 10.9 Å². The fourth-order valence-corrected chi connectivity index (χ4v) is 2.09. The number of aromatic nitrogens is 3. The zero-order valence-electron chi connectivity index (χ0n) is 11.1. The van der Waals surface area contributed by atoms with Crippen LogP contribution in [0.5, 0.6) is 0 Å². The Morgan fingerprint density at radius 3 is 3.00 bits per heavy atom. The third-order valence-corrected chi connectivity index (χ3v) is 3.11. The van der Waals surface area contributed by atoms with Gasteiger partial charge in [-0.05, 0) is 6.07 Å². The highest BCUT2D eigenvalue weighted by Crippen LogP contribution is 2.09. The summed E-state index contributed by atoms with van der Waals surface area (Å²) in [7, 11) is 1.61. The molecule has 1 unspecified atom stereocenters. The molecule has 0 saturated carbocycles. The molecule has 9 heteroatoms. The minimum Gasteiger partial charge on any atom is -0.440 e. The highest BCUT2D eigenvalue weighted by molar-refractivity contribution is 5.76. The third kappa shape index (κ3) is 2.33. The van der Waals surface area contributed by atoms with Crippen molar-refractivity contribution in [1.29, 1.82) is 0 Å². The summed E-state index contributed by atoms with van der Waals surface area (Å²) in [6.45, 7) is 0.371. The van der Waals surface area contributed by atoms with E-state index in [2.05, 4.69) is 9.97 Å². The molecule has 0 aliphatic carbocycles. The van der Waals surface area contributed by atoms with E-state index >= 15 is 0 Å². The summed E-state index contributed by atoms with van der Waals surface area (Å²) in [6.07, 6.45) is 1.88. The van der Waals surface area contributed by atoms with Crippen LogP contribution in [-0.4, -0.2) is 52.0 Å². The van der Waals surface area contributed by atoms with Crippen LogP contribution in [0.2, 0.25) is 0 Å². The maximum Gasteiger partial charge on any atom is 0.410 e. The summed E-state index contributed by atoms with van der Waals surface area (Å²) < 4.78 is 6.00. The molecule has 0 bridgehead atoms. The van der Waals surface area contributed by atoms with E-state index in [-0.39, 0.29) is 12.0 Å². The van der Waals surface area contributed by atoms with Crippen molar-refractivity contribution in [2.24, 2.45) is 0 Å². The Bertz CT molecular complexity index is 811. The molecule has 1 atom stereocenters. The van der Waals surface area contributed by atoms with Crippen molar-refractivity contribution in [2.45, 2.75) is 6.10 Å². The predicted octanol–water partition coefficient (Wildman–Crippen LogP) is -1.04. The lowest BCUT2D eigenvalue weighted by atomic mass is 10.3. The van der Waals surface area contributed by atoms with Crippen molar-refractivity contribution in [2.75, 3.05) is 20.2 Å². The van der Waals surface area contributed by atoms with Crippen LogP contribution in [0.1, 0.15) is 0 Å². The molecule has 2 aromatic rings. The number of likely N-dealkylation sites (N-methyl/N-ethyl adjacent to an activating group) is 1. The Hall–Kier alpha value is -2.84. The number of amides is 1. The number of pyridine rings is 1. The molecule has 0 aromatic carbocycles. The van der Waals surface area contributed by atoms with Crippen LogP contribution in [-0.2, 0) is 4.74 Å². The zero-order chi connectivity index (χ0) is 15.0. The molecule has 21 heavy (non-hydrogen) atoms. The van der Waals surface area contributed by atoms with Gasteiger partial charge in [-0.3, -0.25) is 14.8 Å². The Kier molecular flexibility index (Phi) is 3.09. The normalized spacial score (nSPS) is 18.0. The second-order valence-corrected chi connectivity index (χ2v) is 4.63. The molecule has 0 radical (unpaired) electrons. The number of hydrogen-bond acceptors (Lipinski definition) is 6. The number of cyclic esters (lactones) is 1. The van der Waals surface area contributed by atoms with Gasteiger partial charge in [-0.25, -0.2) is 9.59 Å². The molecule has 9 nitrogen and oxygen atoms in total. The molecule has 1 aliphatic heterocycles. The predicted molar refractivity (Wildman–Crippen MR) is 71.0 cm³/mol. The van der Waals surface area contributed by atoms with E-state index in [9.17, 15) is 14.4 Å². The van der Waals surface area contributed by atoms with E-state index < -0.39 is 23.4 Å². The van der Waals surface area contributed by atoms with E-state index in [0.29, 0.717) is 12.1 Å². The van der Waals surface area contributed by atoms with Crippen LogP contribution < -0.4 is 16.1 Å². The summed E-state index contributed by atoms with van der Waals surface area (Å²) in [4.78, 5) is 47.5. The van der Waals surface area contributed by atoms with Crippen molar-refractivity contribution in [3.05, 3.63) is 39.3 Å². The summed E-state index contributed by atoms with van der Waals surface area (Å²) in [6, 6.07) is 1.50. The maximum atomic E-state index is 11.8. The number of ether oxygens (including phenoxy) is 1. The molecule has 0 spiro atoms. The average Bonchev–Trinajstić information content (AvgIpc) is 2.77. The molecule has 1 fully saturated rings. The Labute approximate surface area is 117 Å². The van der Waals surface area contributed by atoms with Crippen molar-refractivity contribution in [1.82, 2.24) is 19.6 Å². The van der Waals surface area contributed by atoms with Gasteiger partial charge in [-0.2, -0.15) is 0 Å². The first kappa shape index (κ1) is 13.2. The molecule has 3 heterocycles. The number of hydrogen-bond donors (Lipinski definition) is 1. The summed E-state index contributed by atoms with van der Waals surface area (Å²) in [5.41, 5.74) is -0.928. The van der Waals surface area contributed by atoms with Gasteiger partial charge >= 0.3 is 11.8 Å². The second-order valence-electron chi connectivity index (χ2n) is 4.63. The molecule has 110 valence electrons. The summed E-state index contributed by atoms with van der Waals surface area (Å²) in [5.74, 6) is 0. The summed E-state index contributed by atoms with van der Waals surface area (Å²) >= 11 is 0. The van der Waals surface area contributed by atoms with Gasteiger partial charge in [0, 0.05) is 19.4 Å². The van der Waals surface area contributed by atoms with Gasteiger partial charge in [0.25, 0.3) is 5.56 Å². The van der Waals surface area contributed by atoms with Crippen LogP contribution in [0.15, 0.2) is 28.0 Å². The minimum absolute atomic E-state index is 0.000542. The Balaban J connectivity index is 1.89. The Morgan fingerprint density at radius 1 is 1.48 bits per heavy atom. The van der Waals surface area contributed by atoms with E-state index in [1.807, 2.05) is 0 Å². The lowest BCUT2D eigenvalue weighted by molar-refractivity contribution is 0.0352. The average molecular weight is 292 g/mol. The standard InChI is InChI=1S/C12H12N4O5/c1-15-5-7(21-12(15)19)6-20-16-9-2-3-13-4-8(9)10(17)14-11(16)18/h2-4,7H,5-6H2,1H3,(H,14,17,18). The molecule has 2 aromatic heterocycles. The van der Waals surface area contributed by atoms with Gasteiger partial charge in [0.05, 0.1) is 11.9 Å². The first-order chi connectivity index (χ1) is 10.1. The lowest BCUT2D eigenvalue weighted by Crippen LogP contribution is -2.37. The molecule has 1 amide bonds. The molecular formula is C12H12N4O5. The lowest BCUT2D eigenvalue weighted by Gasteiger charge is -2.13. The van der Waals surface area contributed by atoms with E-state index in [1.165, 1.54) is 23.4 Å². The maximum absolute atomic E-state index is 11.8. The quantitative estimate of drug-likeness (QED) is 0.774. The van der Waals surface area contributed by atoms with Crippen molar-refractivity contribution >= 4 is 17.0 Å². The van der Waals surface area contributed by atoms with Crippen molar-refractivity contribution in [3.8, 4) is 0 Å². The fourth-order valence-electron chi connectivity index (χ4n) is 2.09. The van der Waals surface area contributed by atoms with Crippen molar-refractivity contribution in [3.63, 3.8) is 0 Å². The number of fused-ring (bicyclic) bond motifs is 1. The number of rotatable bonds is 3. The largest absolute Gasteiger partial charge is 0.440 e. The topological polar surface area (TPSA) is 107 Å². The van der Waals surface area contributed by atoms with Crippen LogP contribution in [0.3, 0.4) is 0 Å². The minimum atomic E-state index is -0.698. The van der Waals surface area contributed by atoms with E-state index in [4.69, 9.17) is 9.57 Å².